The predicted molar refractivity (Wildman–Crippen MR) is 178 cm³/mol. The van der Waals surface area contributed by atoms with Crippen molar-refractivity contribution < 1.29 is 28.1 Å². The van der Waals surface area contributed by atoms with Crippen LogP contribution in [0.4, 0.5) is 14.6 Å². The zero-order valence-corrected chi connectivity index (χ0v) is 26.8. The molecule has 2 bridgehead atoms. The number of hydrogen-bond donors (Lipinski definition) is 2. The molecule has 3 aromatic carbocycles. The molecule has 4 aliphatic heterocycles. The second kappa shape index (κ2) is 11.2. The topological polar surface area (TPSA) is 92.2 Å². The molecule has 9 nitrogen and oxygen atoms in total. The summed E-state index contributed by atoms with van der Waals surface area (Å²) in [5.74, 6) is 2.09. The molecule has 0 spiro atoms. The van der Waals surface area contributed by atoms with Crippen molar-refractivity contribution >= 4 is 27.5 Å². The Morgan fingerprint density at radius 2 is 1.98 bits per heavy atom. The lowest BCUT2D eigenvalue weighted by atomic mass is 9.92. The second-order valence-corrected chi connectivity index (χ2v) is 14.2. The first-order valence-electron chi connectivity index (χ1n) is 16.8. The number of hydrogen-bond acceptors (Lipinski definition) is 9. The van der Waals surface area contributed by atoms with E-state index in [2.05, 4.69) is 21.0 Å². The molecule has 48 heavy (non-hydrogen) atoms. The van der Waals surface area contributed by atoms with E-state index in [0.717, 1.165) is 51.7 Å². The van der Waals surface area contributed by atoms with E-state index in [1.807, 2.05) is 0 Å². The van der Waals surface area contributed by atoms with Gasteiger partial charge in [0.05, 0.1) is 29.7 Å². The highest BCUT2D eigenvalue weighted by Gasteiger charge is 2.47. The number of ether oxygens (including phenoxy) is 3. The Morgan fingerprint density at radius 3 is 2.77 bits per heavy atom. The summed E-state index contributed by atoms with van der Waals surface area (Å²) in [6.07, 6.45) is 11.2. The maximum absolute atomic E-state index is 17.1. The molecule has 4 fully saturated rings. The lowest BCUT2D eigenvalue weighted by Gasteiger charge is -2.40. The summed E-state index contributed by atoms with van der Waals surface area (Å²) in [4.78, 5) is 14.4. The first-order chi connectivity index (χ1) is 23.3. The van der Waals surface area contributed by atoms with Crippen LogP contribution in [-0.4, -0.2) is 90.7 Å². The predicted octanol–water partition coefficient (Wildman–Crippen LogP) is 5.00. The third-order valence-corrected chi connectivity index (χ3v) is 11.1. The zero-order chi connectivity index (χ0) is 32.7. The summed E-state index contributed by atoms with van der Waals surface area (Å²) in [5.41, 5.74) is 0.382. The van der Waals surface area contributed by atoms with Gasteiger partial charge < -0.3 is 29.5 Å². The molecule has 5 heterocycles. The second-order valence-electron chi connectivity index (χ2n) is 14.2. The average Bonchev–Trinajstić information content (AvgIpc) is 3.57. The van der Waals surface area contributed by atoms with Crippen LogP contribution in [0.2, 0.25) is 0 Å². The van der Waals surface area contributed by atoms with Crippen molar-refractivity contribution in [3.63, 3.8) is 0 Å². The maximum Gasteiger partial charge on any atom is 0.319 e. The third kappa shape index (κ3) is 4.84. The molecular formula is C37H37F2N5O4. The van der Waals surface area contributed by atoms with Gasteiger partial charge in [-0.05, 0) is 67.3 Å². The molecule has 3 saturated heterocycles. The fraction of sp³-hybridized carbons (Fsp3) is 0.459. The van der Waals surface area contributed by atoms with E-state index in [1.54, 1.807) is 13.2 Å². The van der Waals surface area contributed by atoms with E-state index in [-0.39, 0.29) is 57.6 Å². The Kier molecular flexibility index (Phi) is 6.94. The molecule has 5 aliphatic rings. The number of fused-ring (bicyclic) bond motifs is 6. The van der Waals surface area contributed by atoms with Crippen LogP contribution >= 0.6 is 0 Å². The van der Waals surface area contributed by atoms with Gasteiger partial charge in [-0.25, -0.2) is 8.78 Å². The standard InChI is InChI=1S/C37H37F2N5O4/c1-3-24-27(38)6-4-20-12-22(45)13-25(31(20)24)26-14-30-32-34(33(26)39)41-36(48-19-37(9-10-37)18-43-11-8-23(16-43)46-2)42-35(32)44-15-21-5-7-28(40-21)29(44)17-47-30/h1,4,6,12-14,21,23,28-29,40,45H,5,7-11,15-19H2,2H3/t21-,23+,28+,29-/m1/s1. The summed E-state index contributed by atoms with van der Waals surface area (Å²) in [6.45, 7) is 4.31. The quantitative estimate of drug-likeness (QED) is 0.268. The van der Waals surface area contributed by atoms with Crippen LogP contribution in [0.5, 0.6) is 17.5 Å². The minimum absolute atomic E-state index is 0.00337. The third-order valence-electron chi connectivity index (χ3n) is 11.1. The highest BCUT2D eigenvalue weighted by molar-refractivity contribution is 6.06. The number of nitrogens with zero attached hydrogens (tertiary/aromatic N) is 4. The molecule has 0 unspecified atom stereocenters. The van der Waals surface area contributed by atoms with Gasteiger partial charge in [0.25, 0.3) is 0 Å². The van der Waals surface area contributed by atoms with E-state index in [9.17, 15) is 9.50 Å². The number of benzene rings is 3. The number of nitrogens with one attached hydrogen (secondary N) is 1. The molecule has 0 radical (unpaired) electrons. The summed E-state index contributed by atoms with van der Waals surface area (Å²) in [7, 11) is 1.76. The number of phenolic OH excluding ortho intramolecular Hbond substituents is 1. The molecule has 1 aliphatic carbocycles. The van der Waals surface area contributed by atoms with E-state index < -0.39 is 11.6 Å². The van der Waals surface area contributed by atoms with Crippen LogP contribution in [0.1, 0.15) is 37.7 Å². The largest absolute Gasteiger partial charge is 0.508 e. The normalized spacial score (nSPS) is 25.5. The smallest absolute Gasteiger partial charge is 0.319 e. The number of rotatable bonds is 7. The number of aromatic hydroxyl groups is 1. The van der Waals surface area contributed by atoms with Gasteiger partial charge in [0, 0.05) is 61.7 Å². The molecule has 1 saturated carbocycles. The maximum atomic E-state index is 17.1. The average molecular weight is 654 g/mol. The van der Waals surface area contributed by atoms with Gasteiger partial charge in [0.15, 0.2) is 5.82 Å². The van der Waals surface area contributed by atoms with E-state index in [1.165, 1.54) is 24.3 Å². The molecule has 2 N–H and O–H groups in total. The van der Waals surface area contributed by atoms with Crippen molar-refractivity contribution in [3.8, 4) is 41.0 Å². The van der Waals surface area contributed by atoms with Gasteiger partial charge in [-0.2, -0.15) is 9.97 Å². The van der Waals surface area contributed by atoms with Crippen LogP contribution < -0.4 is 19.7 Å². The van der Waals surface area contributed by atoms with E-state index >= 15 is 4.39 Å². The summed E-state index contributed by atoms with van der Waals surface area (Å²) in [6, 6.07) is 7.88. The fourth-order valence-corrected chi connectivity index (χ4v) is 8.43. The number of methoxy groups -OCH3 is 1. The van der Waals surface area contributed by atoms with Crippen molar-refractivity contribution in [2.24, 2.45) is 5.41 Å². The van der Waals surface area contributed by atoms with E-state index in [4.69, 9.17) is 30.6 Å². The molecule has 1 aromatic heterocycles. The van der Waals surface area contributed by atoms with Crippen molar-refractivity contribution in [1.82, 2.24) is 20.2 Å². The first kappa shape index (κ1) is 29.9. The van der Waals surface area contributed by atoms with Crippen molar-refractivity contribution in [2.45, 2.75) is 56.3 Å². The molecule has 11 heteroatoms. The molecule has 9 rings (SSSR count). The van der Waals surface area contributed by atoms with Gasteiger partial charge in [-0.3, -0.25) is 4.90 Å². The molecular weight excluding hydrogens is 616 g/mol. The van der Waals surface area contributed by atoms with Gasteiger partial charge in [-0.1, -0.05) is 12.0 Å². The Bertz CT molecular complexity index is 2010. The van der Waals surface area contributed by atoms with Crippen LogP contribution in [-0.2, 0) is 4.74 Å². The van der Waals surface area contributed by atoms with Crippen molar-refractivity contribution in [1.29, 1.82) is 0 Å². The lowest BCUT2D eigenvalue weighted by Crippen LogP contribution is -2.60. The van der Waals surface area contributed by atoms with Gasteiger partial charge in [0.2, 0.25) is 0 Å². The lowest BCUT2D eigenvalue weighted by molar-refractivity contribution is 0.100. The SMILES string of the molecule is C#Cc1c(F)ccc2cc(O)cc(-c3cc4c5c(nc(OCC6(CN7CC[C@H](OC)C7)CC6)nc5c3F)N3C[C@H]5CC[C@H](N5)[C@H]3CO4)c12. The van der Waals surface area contributed by atoms with E-state index in [0.29, 0.717) is 53.5 Å². The number of anilines is 1. The minimum atomic E-state index is -0.648. The van der Waals surface area contributed by atoms with Crippen LogP contribution in [0, 0.1) is 29.4 Å². The number of phenols is 1. The van der Waals surface area contributed by atoms with Crippen molar-refractivity contribution in [3.05, 3.63) is 47.5 Å². The Balaban J connectivity index is 1.17. The number of aromatic nitrogens is 2. The van der Waals surface area contributed by atoms with Crippen LogP contribution in [0.15, 0.2) is 30.3 Å². The number of piperazine rings is 1. The number of likely N-dealkylation sites (tertiary alicyclic amines) is 1. The zero-order valence-electron chi connectivity index (χ0n) is 26.8. The van der Waals surface area contributed by atoms with Gasteiger partial charge in [0.1, 0.15) is 35.3 Å². The van der Waals surface area contributed by atoms with Crippen LogP contribution in [0.3, 0.4) is 0 Å². The molecule has 0 amide bonds. The molecule has 248 valence electrons. The Morgan fingerprint density at radius 1 is 1.10 bits per heavy atom. The number of halogens is 2. The molecule has 4 aromatic rings. The van der Waals surface area contributed by atoms with Crippen LogP contribution in [0.25, 0.3) is 32.8 Å². The Labute approximate surface area is 277 Å². The fourth-order valence-electron chi connectivity index (χ4n) is 8.43. The minimum Gasteiger partial charge on any atom is -0.508 e. The highest BCUT2D eigenvalue weighted by Crippen LogP contribution is 2.49. The van der Waals surface area contributed by atoms with Crippen molar-refractivity contribution in [2.75, 3.05) is 51.4 Å². The first-order valence-corrected chi connectivity index (χ1v) is 16.8. The number of terminal acetylenes is 1. The Hall–Kier alpha value is -4.24. The summed E-state index contributed by atoms with van der Waals surface area (Å²) in [5, 5.41) is 15.7. The summed E-state index contributed by atoms with van der Waals surface area (Å²) < 4.78 is 50.6. The van der Waals surface area contributed by atoms with Gasteiger partial charge in [-0.15, -0.1) is 6.42 Å². The van der Waals surface area contributed by atoms with Gasteiger partial charge >= 0.3 is 6.01 Å². The highest BCUT2D eigenvalue weighted by atomic mass is 19.1. The summed E-state index contributed by atoms with van der Waals surface area (Å²) >= 11 is 0. The molecule has 4 atom stereocenters. The monoisotopic (exact) mass is 653 g/mol.